The van der Waals surface area contributed by atoms with Crippen molar-refractivity contribution in [2.24, 2.45) is 5.73 Å². The number of nitrogen functional groups attached to an aromatic ring is 1. The molecule has 0 bridgehead atoms. The van der Waals surface area contributed by atoms with E-state index in [1.54, 1.807) is 0 Å². The Kier molecular flexibility index (Phi) is 6.16. The predicted octanol–water partition coefficient (Wildman–Crippen LogP) is 4.03. The van der Waals surface area contributed by atoms with E-state index in [2.05, 4.69) is 25.7 Å². The average Bonchev–Trinajstić information content (AvgIpc) is 2.33. The highest BCUT2D eigenvalue weighted by Crippen LogP contribution is 2.25. The highest BCUT2D eigenvalue weighted by Gasteiger charge is 2.12. The molecule has 0 unspecified atom stereocenters. The van der Waals surface area contributed by atoms with Crippen LogP contribution in [0.5, 0.6) is 0 Å². The quantitative estimate of drug-likeness (QED) is 0.450. The van der Waals surface area contributed by atoms with E-state index >= 15 is 0 Å². The Morgan fingerprint density at radius 1 is 1.37 bits per heavy atom. The fourth-order valence-electron chi connectivity index (χ4n) is 2.12. The second-order valence-corrected chi connectivity index (χ2v) is 5.48. The lowest BCUT2D eigenvalue weighted by Crippen LogP contribution is -2.31. The summed E-state index contributed by atoms with van der Waals surface area (Å²) in [7, 11) is 0. The van der Waals surface area contributed by atoms with Gasteiger partial charge in [-0.25, -0.2) is 0 Å². The predicted molar refractivity (Wildman–Crippen MR) is 84.5 cm³/mol. The molecule has 0 aromatic heterocycles. The van der Waals surface area contributed by atoms with Crippen LogP contribution in [-0.4, -0.2) is 18.4 Å². The van der Waals surface area contributed by atoms with Gasteiger partial charge in [-0.2, -0.15) is 0 Å². The van der Waals surface area contributed by atoms with Gasteiger partial charge in [0.15, 0.2) is 0 Å². The molecule has 3 nitrogen and oxygen atoms in total. The molecule has 1 rings (SSSR count). The summed E-state index contributed by atoms with van der Waals surface area (Å²) in [5, 5.41) is 8.00. The van der Waals surface area contributed by atoms with E-state index in [-0.39, 0.29) is 5.84 Å². The molecule has 0 aliphatic carbocycles. The molecule has 1 aromatic carbocycles. The molecule has 19 heavy (non-hydrogen) atoms. The van der Waals surface area contributed by atoms with Crippen molar-refractivity contribution < 1.29 is 0 Å². The minimum absolute atomic E-state index is 0.0126. The van der Waals surface area contributed by atoms with Crippen LogP contribution in [0.25, 0.3) is 0 Å². The third kappa shape index (κ3) is 4.43. The van der Waals surface area contributed by atoms with Crippen LogP contribution in [0.15, 0.2) is 18.2 Å². The SMILES string of the molecule is CCCCCN(c1ccc(C(=N)N)c(Cl)c1)C(C)C. The van der Waals surface area contributed by atoms with Gasteiger partial charge >= 0.3 is 0 Å². The first-order valence-electron chi connectivity index (χ1n) is 6.88. The molecule has 0 fully saturated rings. The van der Waals surface area contributed by atoms with Crippen molar-refractivity contribution in [3.05, 3.63) is 28.8 Å². The Balaban J connectivity index is 2.90. The number of benzene rings is 1. The molecule has 0 aliphatic rings. The molecule has 3 N–H and O–H groups in total. The van der Waals surface area contributed by atoms with Gasteiger partial charge in [0.2, 0.25) is 0 Å². The Morgan fingerprint density at radius 2 is 2.05 bits per heavy atom. The summed E-state index contributed by atoms with van der Waals surface area (Å²) in [6.45, 7) is 7.59. The van der Waals surface area contributed by atoms with Gasteiger partial charge in [0, 0.05) is 23.8 Å². The van der Waals surface area contributed by atoms with Gasteiger partial charge in [0.05, 0.1) is 5.02 Å². The van der Waals surface area contributed by atoms with Crippen LogP contribution in [0.3, 0.4) is 0 Å². The number of nitrogens with zero attached hydrogens (tertiary/aromatic N) is 1. The van der Waals surface area contributed by atoms with Crippen molar-refractivity contribution in [3.63, 3.8) is 0 Å². The van der Waals surface area contributed by atoms with E-state index in [1.807, 2.05) is 18.2 Å². The van der Waals surface area contributed by atoms with Crippen LogP contribution in [0.2, 0.25) is 5.02 Å². The number of anilines is 1. The van der Waals surface area contributed by atoms with Crippen molar-refractivity contribution in [1.29, 1.82) is 5.41 Å². The highest BCUT2D eigenvalue weighted by molar-refractivity contribution is 6.34. The standard InChI is InChI=1S/C15H24ClN3/c1-4-5-6-9-19(11(2)3)12-7-8-13(15(17)18)14(16)10-12/h7-8,10-11H,4-6,9H2,1-3H3,(H3,17,18). The van der Waals surface area contributed by atoms with E-state index < -0.39 is 0 Å². The van der Waals surface area contributed by atoms with Gasteiger partial charge in [-0.1, -0.05) is 31.4 Å². The molecule has 0 heterocycles. The van der Waals surface area contributed by atoms with Crippen LogP contribution >= 0.6 is 11.6 Å². The van der Waals surface area contributed by atoms with Gasteiger partial charge in [-0.05, 0) is 38.5 Å². The van der Waals surface area contributed by atoms with Gasteiger partial charge in [-0.15, -0.1) is 0 Å². The number of nitrogens with two attached hydrogens (primary N) is 1. The molecule has 0 saturated heterocycles. The van der Waals surface area contributed by atoms with E-state index in [9.17, 15) is 0 Å². The zero-order chi connectivity index (χ0) is 14.4. The van der Waals surface area contributed by atoms with Crippen LogP contribution in [0, 0.1) is 5.41 Å². The minimum atomic E-state index is 0.0126. The molecule has 4 heteroatoms. The fourth-order valence-corrected chi connectivity index (χ4v) is 2.40. The topological polar surface area (TPSA) is 53.1 Å². The van der Waals surface area contributed by atoms with Crippen LogP contribution in [-0.2, 0) is 0 Å². The number of hydrogen-bond donors (Lipinski definition) is 2. The number of rotatable bonds is 7. The number of nitrogens with one attached hydrogen (secondary N) is 1. The first-order valence-corrected chi connectivity index (χ1v) is 7.25. The van der Waals surface area contributed by atoms with Crippen LogP contribution in [0.4, 0.5) is 5.69 Å². The van der Waals surface area contributed by atoms with Crippen LogP contribution in [0.1, 0.15) is 45.6 Å². The van der Waals surface area contributed by atoms with Crippen molar-refractivity contribution in [2.75, 3.05) is 11.4 Å². The Hall–Kier alpha value is -1.22. The maximum Gasteiger partial charge on any atom is 0.124 e. The molecule has 0 amide bonds. The van der Waals surface area contributed by atoms with Crippen molar-refractivity contribution in [1.82, 2.24) is 0 Å². The van der Waals surface area contributed by atoms with Gasteiger partial charge < -0.3 is 10.6 Å². The van der Waals surface area contributed by atoms with E-state index in [4.69, 9.17) is 22.7 Å². The third-order valence-electron chi connectivity index (χ3n) is 3.20. The summed E-state index contributed by atoms with van der Waals surface area (Å²) < 4.78 is 0. The second kappa shape index (κ2) is 7.39. The van der Waals surface area contributed by atoms with Crippen molar-refractivity contribution in [3.8, 4) is 0 Å². The molecule has 0 atom stereocenters. The first-order chi connectivity index (χ1) is 8.97. The zero-order valence-electron chi connectivity index (χ0n) is 12.0. The van der Waals surface area contributed by atoms with Gasteiger partial charge in [0.1, 0.15) is 5.84 Å². The molecular formula is C15H24ClN3. The van der Waals surface area contributed by atoms with Crippen molar-refractivity contribution in [2.45, 2.75) is 46.1 Å². The summed E-state index contributed by atoms with van der Waals surface area (Å²) in [5.74, 6) is 0.0126. The lowest BCUT2D eigenvalue weighted by molar-refractivity contribution is 0.626. The molecule has 0 spiro atoms. The Bertz CT molecular complexity index is 429. The van der Waals surface area contributed by atoms with E-state index in [0.717, 1.165) is 12.2 Å². The largest absolute Gasteiger partial charge is 0.384 e. The Morgan fingerprint density at radius 3 is 2.53 bits per heavy atom. The maximum absolute atomic E-state index is 7.45. The smallest absolute Gasteiger partial charge is 0.124 e. The zero-order valence-corrected chi connectivity index (χ0v) is 12.8. The number of hydrogen-bond acceptors (Lipinski definition) is 2. The summed E-state index contributed by atoms with van der Waals surface area (Å²) in [6.07, 6.45) is 3.64. The summed E-state index contributed by atoms with van der Waals surface area (Å²) in [4.78, 5) is 2.34. The molecule has 0 saturated carbocycles. The summed E-state index contributed by atoms with van der Waals surface area (Å²) in [5.41, 5.74) is 7.18. The number of unbranched alkanes of at least 4 members (excludes halogenated alkanes) is 2. The molecular weight excluding hydrogens is 258 g/mol. The molecule has 0 aliphatic heterocycles. The summed E-state index contributed by atoms with van der Waals surface area (Å²) in [6, 6.07) is 6.16. The highest BCUT2D eigenvalue weighted by atomic mass is 35.5. The van der Waals surface area contributed by atoms with E-state index in [0.29, 0.717) is 16.6 Å². The first kappa shape index (κ1) is 15.8. The molecule has 0 radical (unpaired) electrons. The normalized spacial score (nSPS) is 10.8. The molecule has 106 valence electrons. The lowest BCUT2D eigenvalue weighted by atomic mass is 10.1. The number of halogens is 1. The van der Waals surface area contributed by atoms with Gasteiger partial charge in [0.25, 0.3) is 0 Å². The minimum Gasteiger partial charge on any atom is -0.384 e. The van der Waals surface area contributed by atoms with E-state index in [1.165, 1.54) is 19.3 Å². The third-order valence-corrected chi connectivity index (χ3v) is 3.51. The van der Waals surface area contributed by atoms with Crippen molar-refractivity contribution >= 4 is 23.1 Å². The maximum atomic E-state index is 7.45. The lowest BCUT2D eigenvalue weighted by Gasteiger charge is -2.29. The van der Waals surface area contributed by atoms with Crippen LogP contribution < -0.4 is 10.6 Å². The van der Waals surface area contributed by atoms with Gasteiger partial charge in [-0.3, -0.25) is 5.41 Å². The second-order valence-electron chi connectivity index (χ2n) is 5.07. The summed E-state index contributed by atoms with van der Waals surface area (Å²) >= 11 is 6.19. The average molecular weight is 282 g/mol. The fraction of sp³-hybridized carbons (Fsp3) is 0.533. The number of amidine groups is 1. The molecule has 1 aromatic rings. The monoisotopic (exact) mass is 281 g/mol. The Labute approximate surface area is 121 Å².